The van der Waals surface area contributed by atoms with Crippen molar-refractivity contribution in [2.24, 2.45) is 10.7 Å². The molecule has 0 aliphatic rings. The van der Waals surface area contributed by atoms with E-state index < -0.39 is 11.7 Å². The maximum absolute atomic E-state index is 11.7. The van der Waals surface area contributed by atoms with Gasteiger partial charge in [-0.25, -0.2) is 9.79 Å². The van der Waals surface area contributed by atoms with Crippen LogP contribution in [0.25, 0.3) is 0 Å². The molecule has 0 saturated carbocycles. The van der Waals surface area contributed by atoms with Crippen LogP contribution in [0, 0.1) is 6.92 Å². The van der Waals surface area contributed by atoms with Crippen LogP contribution in [0.15, 0.2) is 23.2 Å². The first-order valence-corrected chi connectivity index (χ1v) is 8.22. The molecule has 122 valence electrons. The van der Waals surface area contributed by atoms with E-state index >= 15 is 0 Å². The fourth-order valence-corrected chi connectivity index (χ4v) is 2.27. The van der Waals surface area contributed by atoms with Crippen molar-refractivity contribution in [2.75, 3.05) is 5.75 Å². The third kappa shape index (κ3) is 7.36. The number of alkyl carbamates (subject to hydrolysis) is 1. The highest BCUT2D eigenvalue weighted by molar-refractivity contribution is 8.13. The number of hydrogen-bond acceptors (Lipinski definition) is 4. The van der Waals surface area contributed by atoms with Crippen molar-refractivity contribution < 1.29 is 9.53 Å². The van der Waals surface area contributed by atoms with Crippen molar-refractivity contribution in [3.63, 3.8) is 0 Å². The Morgan fingerprint density at radius 2 is 2.05 bits per heavy atom. The summed E-state index contributed by atoms with van der Waals surface area (Å²) in [5.41, 5.74) is 8.14. The highest BCUT2D eigenvalue weighted by Crippen LogP contribution is 2.19. The Morgan fingerprint density at radius 3 is 2.64 bits per heavy atom. The Hall–Kier alpha value is -1.69. The molecule has 0 heterocycles. The number of carbonyl (C=O) groups is 1. The molecule has 1 amide bonds. The predicted octanol–water partition coefficient (Wildman–Crippen LogP) is 3.72. The molecule has 0 fully saturated rings. The summed E-state index contributed by atoms with van der Waals surface area (Å²) in [5, 5.41) is 3.28. The number of nitrogens with zero attached hydrogens (tertiary/aromatic N) is 1. The second-order valence-corrected chi connectivity index (χ2v) is 7.20. The smallest absolute Gasteiger partial charge is 0.407 e. The van der Waals surface area contributed by atoms with Gasteiger partial charge in [0.2, 0.25) is 0 Å². The minimum absolute atomic E-state index is 0.389. The zero-order valence-corrected chi connectivity index (χ0v) is 14.7. The number of nitrogens with two attached hydrogens (primary N) is 1. The lowest BCUT2D eigenvalue weighted by Gasteiger charge is -2.19. The Labute approximate surface area is 136 Å². The van der Waals surface area contributed by atoms with E-state index in [0.717, 1.165) is 22.6 Å². The van der Waals surface area contributed by atoms with Crippen LogP contribution in [-0.4, -0.2) is 22.6 Å². The highest BCUT2D eigenvalue weighted by Gasteiger charge is 2.15. The van der Waals surface area contributed by atoms with Crippen LogP contribution in [0.2, 0.25) is 0 Å². The van der Waals surface area contributed by atoms with E-state index in [4.69, 9.17) is 10.5 Å². The van der Waals surface area contributed by atoms with Crippen LogP contribution in [0.5, 0.6) is 0 Å². The highest BCUT2D eigenvalue weighted by atomic mass is 32.2. The van der Waals surface area contributed by atoms with Gasteiger partial charge in [-0.2, -0.15) is 0 Å². The lowest BCUT2D eigenvalue weighted by molar-refractivity contribution is 0.0523. The van der Waals surface area contributed by atoms with Crippen LogP contribution in [0.3, 0.4) is 0 Å². The molecule has 5 nitrogen and oxygen atoms in total. The van der Waals surface area contributed by atoms with Crippen molar-refractivity contribution in [1.82, 2.24) is 5.32 Å². The molecule has 0 saturated heterocycles. The molecule has 0 aliphatic carbocycles. The molecule has 0 aliphatic heterocycles. The molecule has 3 N–H and O–H groups in total. The molecule has 1 aromatic carbocycles. The lowest BCUT2D eigenvalue weighted by Crippen LogP contribution is -2.32. The number of nitrogens with one attached hydrogen (secondary N) is 1. The Bertz CT molecular complexity index is 551. The average Bonchev–Trinajstić information content (AvgIpc) is 2.34. The van der Waals surface area contributed by atoms with Crippen molar-refractivity contribution in [3.05, 3.63) is 29.3 Å². The third-order valence-electron chi connectivity index (χ3n) is 2.49. The molecule has 0 atom stereocenters. The van der Waals surface area contributed by atoms with Gasteiger partial charge in [0, 0.05) is 6.54 Å². The van der Waals surface area contributed by atoms with Crippen molar-refractivity contribution >= 4 is 28.7 Å². The van der Waals surface area contributed by atoms with E-state index in [1.165, 1.54) is 11.8 Å². The second kappa shape index (κ2) is 8.08. The zero-order chi connectivity index (χ0) is 16.8. The molecular weight excluding hydrogens is 298 g/mol. The summed E-state index contributed by atoms with van der Waals surface area (Å²) in [6.45, 7) is 9.90. The number of carbonyl (C=O) groups excluding carboxylic acids is 1. The normalized spacial score (nSPS) is 12.1. The predicted molar refractivity (Wildman–Crippen MR) is 93.7 cm³/mol. The van der Waals surface area contributed by atoms with Crippen LogP contribution >= 0.6 is 11.8 Å². The Kier molecular flexibility index (Phi) is 6.74. The summed E-state index contributed by atoms with van der Waals surface area (Å²) in [5.74, 6) is 0.883. The van der Waals surface area contributed by atoms with Gasteiger partial charge >= 0.3 is 6.09 Å². The van der Waals surface area contributed by atoms with E-state index in [1.807, 2.05) is 52.8 Å². The van der Waals surface area contributed by atoms with E-state index in [9.17, 15) is 4.79 Å². The van der Waals surface area contributed by atoms with Crippen LogP contribution in [-0.2, 0) is 11.3 Å². The van der Waals surface area contributed by atoms with E-state index in [2.05, 4.69) is 10.3 Å². The molecule has 0 bridgehead atoms. The number of amidine groups is 1. The van der Waals surface area contributed by atoms with Crippen LogP contribution < -0.4 is 11.1 Å². The summed E-state index contributed by atoms with van der Waals surface area (Å²) in [6.07, 6.45) is -0.430. The van der Waals surface area contributed by atoms with Gasteiger partial charge in [-0.15, -0.1) is 0 Å². The third-order valence-corrected chi connectivity index (χ3v) is 3.16. The topological polar surface area (TPSA) is 76.7 Å². The number of thioether (sulfide) groups is 1. The van der Waals surface area contributed by atoms with Crippen LogP contribution in [0.4, 0.5) is 10.5 Å². The second-order valence-electron chi connectivity index (χ2n) is 5.92. The fraction of sp³-hybridized carbons (Fsp3) is 0.500. The minimum Gasteiger partial charge on any atom is -0.444 e. The first-order chi connectivity index (χ1) is 10.2. The van der Waals surface area contributed by atoms with Gasteiger partial charge in [-0.05, 0) is 56.7 Å². The van der Waals surface area contributed by atoms with Crippen LogP contribution in [0.1, 0.15) is 38.8 Å². The standard InChI is InChI=1S/C16H25N3O2S/c1-6-22-14(17)19-13-8-11(2)7-12(9-13)10-18-15(20)21-16(3,4)5/h7-9H,6,10H2,1-5H3,(H2,17,19)(H,18,20). The van der Waals surface area contributed by atoms with Gasteiger partial charge < -0.3 is 15.8 Å². The molecular formula is C16H25N3O2S. The monoisotopic (exact) mass is 323 g/mol. The van der Waals surface area contributed by atoms with Gasteiger partial charge in [0.25, 0.3) is 0 Å². The summed E-state index contributed by atoms with van der Waals surface area (Å²) in [7, 11) is 0. The molecule has 1 aromatic rings. The summed E-state index contributed by atoms with van der Waals surface area (Å²) >= 11 is 1.50. The maximum atomic E-state index is 11.7. The van der Waals surface area contributed by atoms with E-state index in [0.29, 0.717) is 11.7 Å². The molecule has 0 aromatic heterocycles. The van der Waals surface area contributed by atoms with Crippen molar-refractivity contribution in [1.29, 1.82) is 0 Å². The first-order valence-electron chi connectivity index (χ1n) is 7.24. The average molecular weight is 323 g/mol. The molecule has 6 heteroatoms. The fourth-order valence-electron chi connectivity index (χ4n) is 1.80. The number of hydrogen-bond donors (Lipinski definition) is 2. The molecule has 1 rings (SSSR count). The molecule has 0 spiro atoms. The van der Waals surface area contributed by atoms with Gasteiger partial charge in [0.1, 0.15) is 5.60 Å². The van der Waals surface area contributed by atoms with Gasteiger partial charge in [-0.3, -0.25) is 0 Å². The van der Waals surface area contributed by atoms with E-state index in [-0.39, 0.29) is 0 Å². The SMILES string of the molecule is CCSC(N)=Nc1cc(C)cc(CNC(=O)OC(C)(C)C)c1. The van der Waals surface area contributed by atoms with Crippen molar-refractivity contribution in [2.45, 2.75) is 46.8 Å². The number of amides is 1. The van der Waals surface area contributed by atoms with E-state index in [1.54, 1.807) is 0 Å². The summed E-state index contributed by atoms with van der Waals surface area (Å²) < 4.78 is 5.22. The largest absolute Gasteiger partial charge is 0.444 e. The number of ether oxygens (including phenoxy) is 1. The van der Waals surface area contributed by atoms with Gasteiger partial charge in [0.05, 0.1) is 5.69 Å². The number of aryl methyl sites for hydroxylation is 1. The molecule has 0 unspecified atom stereocenters. The zero-order valence-electron chi connectivity index (χ0n) is 13.9. The first kappa shape index (κ1) is 18.4. The maximum Gasteiger partial charge on any atom is 0.407 e. The molecule has 22 heavy (non-hydrogen) atoms. The Morgan fingerprint density at radius 1 is 1.36 bits per heavy atom. The summed E-state index contributed by atoms with van der Waals surface area (Å²) in [4.78, 5) is 16.1. The number of rotatable bonds is 4. The minimum atomic E-state index is -0.502. The number of aliphatic imine (C=N–C) groups is 1. The quantitative estimate of drug-likeness (QED) is 0.654. The van der Waals surface area contributed by atoms with Gasteiger partial charge in [0.15, 0.2) is 5.17 Å². The lowest BCUT2D eigenvalue weighted by atomic mass is 10.1. The Balaban J connectivity index is 2.74. The van der Waals surface area contributed by atoms with Gasteiger partial charge in [-0.1, -0.05) is 24.8 Å². The molecule has 0 radical (unpaired) electrons. The van der Waals surface area contributed by atoms with Crippen molar-refractivity contribution in [3.8, 4) is 0 Å². The number of benzene rings is 1. The summed E-state index contributed by atoms with van der Waals surface area (Å²) in [6, 6.07) is 5.87.